The molecule has 0 unspecified atom stereocenters. The number of aromatic nitrogens is 2. The minimum Gasteiger partial charge on any atom is -0.437 e. The standard InChI is InChI=1S/C15H18N2O2/c1-10(2)13-5-4-11(3)6-14(13)19-15-8-16-12(9-18)7-17-15/h4-8,10,18H,9H2,1-3H3. The Morgan fingerprint density at radius 3 is 2.58 bits per heavy atom. The Balaban J connectivity index is 2.28. The second kappa shape index (κ2) is 5.80. The van der Waals surface area contributed by atoms with Crippen LogP contribution in [-0.2, 0) is 6.61 Å². The summed E-state index contributed by atoms with van der Waals surface area (Å²) in [4.78, 5) is 8.18. The van der Waals surface area contributed by atoms with Gasteiger partial charge in [0.15, 0.2) is 0 Å². The van der Waals surface area contributed by atoms with E-state index in [1.54, 1.807) is 0 Å². The fraction of sp³-hybridized carbons (Fsp3) is 0.333. The van der Waals surface area contributed by atoms with Crippen molar-refractivity contribution >= 4 is 0 Å². The van der Waals surface area contributed by atoms with Gasteiger partial charge in [-0.25, -0.2) is 4.98 Å². The lowest BCUT2D eigenvalue weighted by Gasteiger charge is -2.13. The van der Waals surface area contributed by atoms with Crippen molar-refractivity contribution in [1.82, 2.24) is 9.97 Å². The van der Waals surface area contributed by atoms with Crippen LogP contribution in [0.25, 0.3) is 0 Å². The third kappa shape index (κ3) is 3.29. The quantitative estimate of drug-likeness (QED) is 0.915. The highest BCUT2D eigenvalue weighted by atomic mass is 16.5. The van der Waals surface area contributed by atoms with Gasteiger partial charge in [0, 0.05) is 0 Å². The lowest BCUT2D eigenvalue weighted by Crippen LogP contribution is -1.97. The molecule has 1 aromatic carbocycles. The molecule has 0 fully saturated rings. The molecule has 0 aliphatic heterocycles. The molecule has 1 heterocycles. The van der Waals surface area contributed by atoms with E-state index in [0.29, 0.717) is 17.5 Å². The Hall–Kier alpha value is -1.94. The van der Waals surface area contributed by atoms with Crippen molar-refractivity contribution in [3.05, 3.63) is 47.4 Å². The lowest BCUT2D eigenvalue weighted by molar-refractivity contribution is 0.275. The largest absolute Gasteiger partial charge is 0.437 e. The van der Waals surface area contributed by atoms with Gasteiger partial charge < -0.3 is 9.84 Å². The molecule has 0 atom stereocenters. The third-order valence-corrected chi connectivity index (χ3v) is 2.85. The third-order valence-electron chi connectivity index (χ3n) is 2.85. The van der Waals surface area contributed by atoms with Crippen LogP contribution >= 0.6 is 0 Å². The molecule has 0 aliphatic carbocycles. The maximum absolute atomic E-state index is 8.93. The molecule has 0 amide bonds. The minimum atomic E-state index is -0.116. The number of ether oxygens (including phenoxy) is 1. The van der Waals surface area contributed by atoms with Crippen LogP contribution in [-0.4, -0.2) is 15.1 Å². The molecule has 1 N–H and O–H groups in total. The SMILES string of the molecule is Cc1ccc(C(C)C)c(Oc2cnc(CO)cn2)c1. The minimum absolute atomic E-state index is 0.116. The smallest absolute Gasteiger partial charge is 0.237 e. The normalized spacial score (nSPS) is 10.8. The van der Waals surface area contributed by atoms with E-state index in [2.05, 4.69) is 35.9 Å². The van der Waals surface area contributed by atoms with Crippen LogP contribution in [0, 0.1) is 6.92 Å². The predicted octanol–water partition coefficient (Wildman–Crippen LogP) is 3.19. The highest BCUT2D eigenvalue weighted by Gasteiger charge is 2.10. The van der Waals surface area contributed by atoms with Gasteiger partial charge in [-0.05, 0) is 30.0 Å². The molecule has 4 nitrogen and oxygen atoms in total. The van der Waals surface area contributed by atoms with Crippen molar-refractivity contribution in [2.24, 2.45) is 0 Å². The zero-order valence-corrected chi connectivity index (χ0v) is 11.4. The molecular formula is C15H18N2O2. The Morgan fingerprint density at radius 1 is 1.21 bits per heavy atom. The summed E-state index contributed by atoms with van der Waals surface area (Å²) in [5, 5.41) is 8.93. The molecule has 4 heteroatoms. The van der Waals surface area contributed by atoms with Gasteiger partial charge in [-0.3, -0.25) is 4.98 Å². The Kier molecular flexibility index (Phi) is 4.12. The van der Waals surface area contributed by atoms with E-state index in [4.69, 9.17) is 9.84 Å². The summed E-state index contributed by atoms with van der Waals surface area (Å²) in [6, 6.07) is 6.14. The zero-order valence-electron chi connectivity index (χ0n) is 11.4. The van der Waals surface area contributed by atoms with Crippen molar-refractivity contribution in [3.8, 4) is 11.6 Å². The fourth-order valence-electron chi connectivity index (χ4n) is 1.80. The monoisotopic (exact) mass is 258 g/mol. The molecule has 1 aromatic heterocycles. The zero-order chi connectivity index (χ0) is 13.8. The molecule has 0 saturated carbocycles. The molecule has 100 valence electrons. The Labute approximate surface area is 113 Å². The van der Waals surface area contributed by atoms with Crippen molar-refractivity contribution in [2.75, 3.05) is 0 Å². The molecule has 0 radical (unpaired) electrons. The van der Waals surface area contributed by atoms with Gasteiger partial charge in [0.2, 0.25) is 5.88 Å². The number of aliphatic hydroxyl groups excluding tert-OH is 1. The number of benzene rings is 1. The summed E-state index contributed by atoms with van der Waals surface area (Å²) < 4.78 is 5.80. The van der Waals surface area contributed by atoms with E-state index in [-0.39, 0.29) is 6.61 Å². The van der Waals surface area contributed by atoms with Crippen molar-refractivity contribution in [3.63, 3.8) is 0 Å². The first kappa shape index (κ1) is 13.5. The molecule has 2 aromatic rings. The first-order valence-corrected chi connectivity index (χ1v) is 6.30. The predicted molar refractivity (Wildman–Crippen MR) is 73.3 cm³/mol. The van der Waals surface area contributed by atoms with Crippen molar-refractivity contribution in [2.45, 2.75) is 33.3 Å². The topological polar surface area (TPSA) is 55.2 Å². The van der Waals surface area contributed by atoms with Crippen LogP contribution in [0.2, 0.25) is 0 Å². The van der Waals surface area contributed by atoms with E-state index in [1.807, 2.05) is 13.0 Å². The van der Waals surface area contributed by atoms with Gasteiger partial charge in [0.05, 0.1) is 24.7 Å². The van der Waals surface area contributed by atoms with E-state index in [0.717, 1.165) is 16.9 Å². The van der Waals surface area contributed by atoms with Crippen molar-refractivity contribution < 1.29 is 9.84 Å². The highest BCUT2D eigenvalue weighted by Crippen LogP contribution is 2.30. The maximum atomic E-state index is 8.93. The number of rotatable bonds is 4. The summed E-state index contributed by atoms with van der Waals surface area (Å²) in [6.45, 7) is 6.16. The average molecular weight is 258 g/mol. The van der Waals surface area contributed by atoms with Gasteiger partial charge in [0.1, 0.15) is 5.75 Å². The second-order valence-corrected chi connectivity index (χ2v) is 4.80. The second-order valence-electron chi connectivity index (χ2n) is 4.80. The van der Waals surface area contributed by atoms with E-state index in [1.165, 1.54) is 12.4 Å². The molecule has 0 saturated heterocycles. The van der Waals surface area contributed by atoms with Crippen LogP contribution in [0.4, 0.5) is 0 Å². The number of hydrogen-bond acceptors (Lipinski definition) is 4. The number of nitrogens with zero attached hydrogens (tertiary/aromatic N) is 2. The molecular weight excluding hydrogens is 240 g/mol. The Bertz CT molecular complexity index is 551. The summed E-state index contributed by atoms with van der Waals surface area (Å²) in [5.41, 5.74) is 2.80. The summed E-state index contributed by atoms with van der Waals surface area (Å²) in [5.74, 6) is 1.62. The average Bonchev–Trinajstić information content (AvgIpc) is 2.39. The summed E-state index contributed by atoms with van der Waals surface area (Å²) in [6.07, 6.45) is 3.04. The van der Waals surface area contributed by atoms with Crippen LogP contribution in [0.5, 0.6) is 11.6 Å². The first-order valence-electron chi connectivity index (χ1n) is 6.30. The molecule has 19 heavy (non-hydrogen) atoms. The van der Waals surface area contributed by atoms with Gasteiger partial charge in [-0.15, -0.1) is 0 Å². The van der Waals surface area contributed by atoms with Crippen LogP contribution < -0.4 is 4.74 Å². The highest BCUT2D eigenvalue weighted by molar-refractivity contribution is 5.40. The summed E-state index contributed by atoms with van der Waals surface area (Å²) in [7, 11) is 0. The van der Waals surface area contributed by atoms with Crippen molar-refractivity contribution in [1.29, 1.82) is 0 Å². The van der Waals surface area contributed by atoms with Gasteiger partial charge in [-0.1, -0.05) is 26.0 Å². The van der Waals surface area contributed by atoms with E-state index >= 15 is 0 Å². The molecule has 2 rings (SSSR count). The fourth-order valence-corrected chi connectivity index (χ4v) is 1.80. The van der Waals surface area contributed by atoms with E-state index < -0.39 is 0 Å². The van der Waals surface area contributed by atoms with Gasteiger partial charge >= 0.3 is 0 Å². The van der Waals surface area contributed by atoms with Crippen LogP contribution in [0.1, 0.15) is 36.6 Å². The van der Waals surface area contributed by atoms with Crippen LogP contribution in [0.15, 0.2) is 30.6 Å². The molecule has 0 bridgehead atoms. The Morgan fingerprint density at radius 2 is 2.00 bits per heavy atom. The summed E-state index contributed by atoms with van der Waals surface area (Å²) >= 11 is 0. The van der Waals surface area contributed by atoms with Crippen LogP contribution in [0.3, 0.4) is 0 Å². The number of hydrogen-bond donors (Lipinski definition) is 1. The molecule has 0 aliphatic rings. The lowest BCUT2D eigenvalue weighted by atomic mass is 10.0. The van der Waals surface area contributed by atoms with Gasteiger partial charge in [0.25, 0.3) is 0 Å². The maximum Gasteiger partial charge on any atom is 0.237 e. The number of aryl methyl sites for hydroxylation is 1. The molecule has 0 spiro atoms. The number of aliphatic hydroxyl groups is 1. The first-order chi connectivity index (χ1) is 9.10. The van der Waals surface area contributed by atoms with Gasteiger partial charge in [-0.2, -0.15) is 0 Å². The van der Waals surface area contributed by atoms with E-state index in [9.17, 15) is 0 Å².